The standard InChI is InChI=1S/C17H19N5O/c1-12(2)7-8-19-16(23)14-10-20-17(21-11-14)22-15-6-4-3-5-13(15)9-18/h3-6,10-12H,7-8H2,1-2H3,(H,19,23)(H,20,21,22). The number of rotatable bonds is 6. The van der Waals surface area contributed by atoms with Crippen LogP contribution in [-0.2, 0) is 0 Å². The zero-order valence-corrected chi connectivity index (χ0v) is 13.2. The van der Waals surface area contributed by atoms with Gasteiger partial charge in [-0.05, 0) is 24.5 Å². The molecule has 2 rings (SSSR count). The SMILES string of the molecule is CC(C)CCNC(=O)c1cnc(Nc2ccccc2C#N)nc1. The smallest absolute Gasteiger partial charge is 0.254 e. The maximum absolute atomic E-state index is 11.9. The maximum atomic E-state index is 11.9. The molecule has 0 unspecified atom stereocenters. The van der Waals surface area contributed by atoms with Crippen LogP contribution in [-0.4, -0.2) is 22.4 Å². The summed E-state index contributed by atoms with van der Waals surface area (Å²) in [7, 11) is 0. The summed E-state index contributed by atoms with van der Waals surface area (Å²) in [5.41, 5.74) is 1.55. The molecular formula is C17H19N5O. The molecule has 0 saturated carbocycles. The molecule has 0 radical (unpaired) electrons. The molecule has 0 aliphatic rings. The lowest BCUT2D eigenvalue weighted by molar-refractivity contribution is 0.0951. The van der Waals surface area contributed by atoms with Crippen LogP contribution >= 0.6 is 0 Å². The third-order valence-electron chi connectivity index (χ3n) is 3.22. The van der Waals surface area contributed by atoms with Gasteiger partial charge in [0.05, 0.1) is 16.8 Å². The maximum Gasteiger partial charge on any atom is 0.254 e. The van der Waals surface area contributed by atoms with E-state index in [-0.39, 0.29) is 5.91 Å². The summed E-state index contributed by atoms with van der Waals surface area (Å²) < 4.78 is 0. The number of para-hydroxylation sites is 1. The van der Waals surface area contributed by atoms with E-state index in [2.05, 4.69) is 40.5 Å². The average molecular weight is 309 g/mol. The minimum absolute atomic E-state index is 0.186. The zero-order chi connectivity index (χ0) is 16.7. The highest BCUT2D eigenvalue weighted by Gasteiger charge is 2.08. The van der Waals surface area contributed by atoms with Crippen LogP contribution < -0.4 is 10.6 Å². The monoisotopic (exact) mass is 309 g/mol. The van der Waals surface area contributed by atoms with Crippen LogP contribution in [0.1, 0.15) is 36.2 Å². The van der Waals surface area contributed by atoms with Crippen molar-refractivity contribution in [1.29, 1.82) is 5.26 Å². The molecule has 1 aromatic carbocycles. The van der Waals surface area contributed by atoms with Gasteiger partial charge in [0.15, 0.2) is 0 Å². The first-order valence-corrected chi connectivity index (χ1v) is 7.46. The van der Waals surface area contributed by atoms with Crippen molar-refractivity contribution in [3.8, 4) is 6.07 Å². The predicted molar refractivity (Wildman–Crippen MR) is 88.3 cm³/mol. The highest BCUT2D eigenvalue weighted by molar-refractivity contribution is 5.93. The Kier molecular flexibility index (Phi) is 5.64. The lowest BCUT2D eigenvalue weighted by Crippen LogP contribution is -2.25. The van der Waals surface area contributed by atoms with Crippen molar-refractivity contribution in [2.24, 2.45) is 5.92 Å². The van der Waals surface area contributed by atoms with Crippen molar-refractivity contribution in [2.45, 2.75) is 20.3 Å². The molecule has 0 spiro atoms. The molecule has 2 N–H and O–H groups in total. The lowest BCUT2D eigenvalue weighted by Gasteiger charge is -2.08. The topological polar surface area (TPSA) is 90.7 Å². The summed E-state index contributed by atoms with van der Waals surface area (Å²) in [5.74, 6) is 0.694. The molecule has 0 aliphatic heterocycles. The van der Waals surface area contributed by atoms with E-state index >= 15 is 0 Å². The Morgan fingerprint density at radius 2 is 1.96 bits per heavy atom. The third-order valence-corrected chi connectivity index (χ3v) is 3.22. The predicted octanol–water partition coefficient (Wildman–Crippen LogP) is 2.87. The zero-order valence-electron chi connectivity index (χ0n) is 13.2. The summed E-state index contributed by atoms with van der Waals surface area (Å²) in [6.07, 6.45) is 3.86. The summed E-state index contributed by atoms with van der Waals surface area (Å²) in [5, 5.41) is 14.9. The van der Waals surface area contributed by atoms with Gasteiger partial charge in [-0.15, -0.1) is 0 Å². The fourth-order valence-electron chi connectivity index (χ4n) is 1.90. The number of hydrogen-bond donors (Lipinski definition) is 2. The summed E-state index contributed by atoms with van der Waals surface area (Å²) >= 11 is 0. The first kappa shape index (κ1) is 16.4. The molecule has 0 saturated heterocycles. The number of amides is 1. The van der Waals surface area contributed by atoms with Gasteiger partial charge in [-0.2, -0.15) is 5.26 Å². The average Bonchev–Trinajstić information content (AvgIpc) is 2.55. The van der Waals surface area contributed by atoms with E-state index in [9.17, 15) is 4.79 Å². The summed E-state index contributed by atoms with van der Waals surface area (Å²) in [6.45, 7) is 4.84. The van der Waals surface area contributed by atoms with Crippen molar-refractivity contribution < 1.29 is 4.79 Å². The number of nitriles is 1. The molecule has 118 valence electrons. The van der Waals surface area contributed by atoms with Crippen LogP contribution in [0.3, 0.4) is 0 Å². The van der Waals surface area contributed by atoms with Crippen molar-refractivity contribution >= 4 is 17.5 Å². The van der Waals surface area contributed by atoms with Crippen LogP contribution in [0, 0.1) is 17.2 Å². The quantitative estimate of drug-likeness (QED) is 0.856. The summed E-state index contributed by atoms with van der Waals surface area (Å²) in [4.78, 5) is 20.2. The van der Waals surface area contributed by atoms with Gasteiger partial charge in [0.2, 0.25) is 5.95 Å². The van der Waals surface area contributed by atoms with Crippen molar-refractivity contribution in [2.75, 3.05) is 11.9 Å². The van der Waals surface area contributed by atoms with E-state index in [4.69, 9.17) is 5.26 Å². The Labute approximate surface area is 135 Å². The molecule has 23 heavy (non-hydrogen) atoms. The van der Waals surface area contributed by atoms with E-state index in [1.165, 1.54) is 12.4 Å². The number of hydrogen-bond acceptors (Lipinski definition) is 5. The molecule has 6 heteroatoms. The molecule has 1 aromatic heterocycles. The lowest BCUT2D eigenvalue weighted by atomic mass is 10.1. The van der Waals surface area contributed by atoms with Crippen molar-refractivity contribution in [3.05, 3.63) is 47.8 Å². The fraction of sp³-hybridized carbons (Fsp3) is 0.294. The summed E-state index contributed by atoms with van der Waals surface area (Å²) in [6, 6.07) is 9.18. The van der Waals surface area contributed by atoms with Gasteiger partial charge in [-0.3, -0.25) is 4.79 Å². The van der Waals surface area contributed by atoms with Crippen molar-refractivity contribution in [1.82, 2.24) is 15.3 Å². The fourth-order valence-corrected chi connectivity index (χ4v) is 1.90. The molecule has 1 heterocycles. The largest absolute Gasteiger partial charge is 0.352 e. The second-order valence-electron chi connectivity index (χ2n) is 5.52. The number of carbonyl (C=O) groups is 1. The third kappa shape index (κ3) is 4.78. The molecule has 0 atom stereocenters. The molecule has 1 amide bonds. The second-order valence-corrected chi connectivity index (χ2v) is 5.52. The number of aromatic nitrogens is 2. The normalized spacial score (nSPS) is 10.2. The molecule has 0 bridgehead atoms. The molecule has 0 fully saturated rings. The Morgan fingerprint density at radius 3 is 2.61 bits per heavy atom. The first-order chi connectivity index (χ1) is 11.1. The van der Waals surface area contributed by atoms with E-state index in [1.54, 1.807) is 18.2 Å². The van der Waals surface area contributed by atoms with Crippen LogP contribution in [0.25, 0.3) is 0 Å². The van der Waals surface area contributed by atoms with Crippen LogP contribution in [0.2, 0.25) is 0 Å². The van der Waals surface area contributed by atoms with E-state index in [0.29, 0.717) is 35.2 Å². The van der Waals surface area contributed by atoms with Gasteiger partial charge >= 0.3 is 0 Å². The Bertz CT molecular complexity index is 704. The van der Waals surface area contributed by atoms with Crippen molar-refractivity contribution in [3.63, 3.8) is 0 Å². The number of nitrogens with one attached hydrogen (secondary N) is 2. The first-order valence-electron chi connectivity index (χ1n) is 7.46. The number of nitrogens with zero attached hydrogens (tertiary/aromatic N) is 3. The Hall–Kier alpha value is -2.94. The van der Waals surface area contributed by atoms with Gasteiger partial charge in [-0.25, -0.2) is 9.97 Å². The van der Waals surface area contributed by atoms with Gasteiger partial charge < -0.3 is 10.6 Å². The highest BCUT2D eigenvalue weighted by atomic mass is 16.1. The van der Waals surface area contributed by atoms with Crippen LogP contribution in [0.4, 0.5) is 11.6 Å². The van der Waals surface area contributed by atoms with Crippen LogP contribution in [0.15, 0.2) is 36.7 Å². The molecule has 6 nitrogen and oxygen atoms in total. The minimum Gasteiger partial charge on any atom is -0.352 e. The highest BCUT2D eigenvalue weighted by Crippen LogP contribution is 2.17. The van der Waals surface area contributed by atoms with E-state index < -0.39 is 0 Å². The number of carbonyl (C=O) groups excluding carboxylic acids is 1. The van der Waals surface area contributed by atoms with Gasteiger partial charge in [0.25, 0.3) is 5.91 Å². The van der Waals surface area contributed by atoms with Gasteiger partial charge in [0.1, 0.15) is 6.07 Å². The van der Waals surface area contributed by atoms with Crippen LogP contribution in [0.5, 0.6) is 0 Å². The number of anilines is 2. The van der Waals surface area contributed by atoms with Gasteiger partial charge in [0, 0.05) is 18.9 Å². The Balaban J connectivity index is 1.99. The molecule has 0 aliphatic carbocycles. The second kappa shape index (κ2) is 7.90. The molecular weight excluding hydrogens is 290 g/mol. The van der Waals surface area contributed by atoms with E-state index in [1.807, 2.05) is 6.07 Å². The molecule has 2 aromatic rings. The minimum atomic E-state index is -0.186. The Morgan fingerprint density at radius 1 is 1.26 bits per heavy atom. The van der Waals surface area contributed by atoms with Gasteiger partial charge in [-0.1, -0.05) is 26.0 Å². The van der Waals surface area contributed by atoms with E-state index in [0.717, 1.165) is 6.42 Å². The number of benzene rings is 1.